The zero-order valence-electron chi connectivity index (χ0n) is 2.92. The molecule has 0 rings (SSSR count). The molecular formula is C3H3BrF2. The van der Waals surface area contributed by atoms with Crippen LogP contribution in [0.4, 0.5) is 8.78 Å². The average Bonchev–Trinajstić information content (AvgIpc) is 1.36. The molecule has 3 heteroatoms. The molecular weight excluding hydrogens is 154 g/mol. The van der Waals surface area contributed by atoms with E-state index in [1.165, 1.54) is 0 Å². The van der Waals surface area contributed by atoms with Gasteiger partial charge in [0, 0.05) is 0 Å². The fraction of sp³-hybridized carbons (Fsp3) is 0.333. The molecule has 36 valence electrons. The highest BCUT2D eigenvalue weighted by molar-refractivity contribution is 9.11. The van der Waals surface area contributed by atoms with Gasteiger partial charge in [0.25, 0.3) is 6.43 Å². The van der Waals surface area contributed by atoms with Gasteiger partial charge >= 0.3 is 0 Å². The summed E-state index contributed by atoms with van der Waals surface area (Å²) < 4.78 is 21.8. The summed E-state index contributed by atoms with van der Waals surface area (Å²) in [5.74, 6) is 0. The van der Waals surface area contributed by atoms with Crippen LogP contribution >= 0.6 is 15.9 Å². The molecule has 0 radical (unpaired) electrons. The Morgan fingerprint density at radius 3 is 1.83 bits per heavy atom. The van der Waals surface area contributed by atoms with Crippen LogP contribution in [0.2, 0.25) is 0 Å². The minimum atomic E-state index is -2.43. The van der Waals surface area contributed by atoms with E-state index in [0.717, 1.165) is 0 Å². The largest absolute Gasteiger partial charge is 0.269 e. The molecule has 0 saturated heterocycles. The summed E-state index contributed by atoms with van der Waals surface area (Å²) in [7, 11) is 0. The van der Waals surface area contributed by atoms with Gasteiger partial charge in [-0.1, -0.05) is 22.5 Å². The molecule has 0 spiro atoms. The van der Waals surface area contributed by atoms with Crippen molar-refractivity contribution in [3.05, 3.63) is 11.1 Å². The molecule has 0 heterocycles. The van der Waals surface area contributed by atoms with Crippen LogP contribution in [-0.4, -0.2) is 6.43 Å². The molecule has 0 nitrogen and oxygen atoms in total. The lowest BCUT2D eigenvalue weighted by atomic mass is 10.7. The van der Waals surface area contributed by atoms with Gasteiger partial charge in [0.05, 0.1) is 4.48 Å². The molecule has 6 heavy (non-hydrogen) atoms. The maximum Gasteiger partial charge on any atom is 0.269 e. The lowest BCUT2D eigenvalue weighted by Gasteiger charge is -1.86. The van der Waals surface area contributed by atoms with Crippen molar-refractivity contribution in [2.24, 2.45) is 0 Å². The number of alkyl halides is 2. The van der Waals surface area contributed by atoms with Crippen molar-refractivity contribution < 1.29 is 8.78 Å². The molecule has 0 aliphatic rings. The molecule has 0 N–H and O–H groups in total. The maximum absolute atomic E-state index is 11.0. The van der Waals surface area contributed by atoms with Crippen molar-refractivity contribution in [3.63, 3.8) is 0 Å². The van der Waals surface area contributed by atoms with E-state index in [2.05, 4.69) is 22.5 Å². The van der Waals surface area contributed by atoms with E-state index in [1.807, 2.05) is 0 Å². The molecule has 0 aromatic rings. The Bertz CT molecular complexity index is 59.8. The Morgan fingerprint density at radius 1 is 1.67 bits per heavy atom. The second-order valence-corrected chi connectivity index (χ2v) is 1.77. The smallest absolute Gasteiger partial charge is 0.204 e. The highest BCUT2D eigenvalue weighted by Crippen LogP contribution is 2.10. The van der Waals surface area contributed by atoms with Crippen molar-refractivity contribution in [2.75, 3.05) is 0 Å². The third-order valence-corrected chi connectivity index (χ3v) is 0.583. The predicted octanol–water partition coefficient (Wildman–Crippen LogP) is 2.16. The van der Waals surface area contributed by atoms with E-state index in [4.69, 9.17) is 0 Å². The Labute approximate surface area is 43.0 Å². The van der Waals surface area contributed by atoms with Gasteiger partial charge in [0.15, 0.2) is 0 Å². The summed E-state index contributed by atoms with van der Waals surface area (Å²) in [6, 6.07) is 0. The molecule has 0 aromatic heterocycles. The van der Waals surface area contributed by atoms with Crippen molar-refractivity contribution in [1.82, 2.24) is 0 Å². The monoisotopic (exact) mass is 156 g/mol. The van der Waals surface area contributed by atoms with E-state index >= 15 is 0 Å². The highest BCUT2D eigenvalue weighted by Gasteiger charge is 2.00. The Hall–Kier alpha value is 0.0800. The van der Waals surface area contributed by atoms with Crippen LogP contribution in [0.15, 0.2) is 11.1 Å². The first-order chi connectivity index (χ1) is 2.64. The first kappa shape index (κ1) is 6.08. The third kappa shape index (κ3) is 2.33. The Morgan fingerprint density at radius 2 is 1.83 bits per heavy atom. The molecule has 0 unspecified atom stereocenters. The Balaban J connectivity index is 3.26. The molecule has 0 amide bonds. The van der Waals surface area contributed by atoms with Crippen molar-refractivity contribution >= 4 is 15.9 Å². The number of halogens is 3. The van der Waals surface area contributed by atoms with Gasteiger partial charge in [-0.05, 0) is 0 Å². The number of hydrogen-bond acceptors (Lipinski definition) is 0. The second kappa shape index (κ2) is 2.29. The van der Waals surface area contributed by atoms with Crippen LogP contribution in [0, 0.1) is 0 Å². The van der Waals surface area contributed by atoms with Crippen LogP contribution < -0.4 is 0 Å². The van der Waals surface area contributed by atoms with Crippen LogP contribution in [0.5, 0.6) is 0 Å². The molecule has 0 bridgehead atoms. The number of allylic oxidation sites excluding steroid dienone is 1. The van der Waals surface area contributed by atoms with Gasteiger partial charge in [-0.2, -0.15) is 0 Å². The number of hydrogen-bond donors (Lipinski definition) is 0. The van der Waals surface area contributed by atoms with Crippen molar-refractivity contribution in [2.45, 2.75) is 6.43 Å². The minimum absolute atomic E-state index is 0.262. The third-order valence-electron chi connectivity index (χ3n) is 0.237. The first-order valence-electron chi connectivity index (χ1n) is 1.27. The van der Waals surface area contributed by atoms with Gasteiger partial charge in [-0.25, -0.2) is 8.78 Å². The quantitative estimate of drug-likeness (QED) is 0.546. The zero-order chi connectivity index (χ0) is 5.15. The lowest BCUT2D eigenvalue weighted by Crippen LogP contribution is -1.83. The van der Waals surface area contributed by atoms with Crippen LogP contribution in [-0.2, 0) is 0 Å². The highest BCUT2D eigenvalue weighted by atomic mass is 79.9. The molecule has 0 aliphatic carbocycles. The lowest BCUT2D eigenvalue weighted by molar-refractivity contribution is 0.201. The minimum Gasteiger partial charge on any atom is -0.204 e. The van der Waals surface area contributed by atoms with E-state index in [1.54, 1.807) is 0 Å². The molecule has 0 atom stereocenters. The predicted molar refractivity (Wildman–Crippen MR) is 24.1 cm³/mol. The zero-order valence-corrected chi connectivity index (χ0v) is 4.50. The standard InChI is InChI=1S/C3H3BrF2/c1-2(4)3(5)6/h3H,1H2. The Kier molecular flexibility index (Phi) is 2.32. The van der Waals surface area contributed by atoms with E-state index in [-0.39, 0.29) is 4.48 Å². The first-order valence-corrected chi connectivity index (χ1v) is 2.06. The van der Waals surface area contributed by atoms with Gasteiger partial charge in [-0.3, -0.25) is 0 Å². The molecule has 0 saturated carbocycles. The van der Waals surface area contributed by atoms with E-state index in [9.17, 15) is 8.78 Å². The fourth-order valence-electron chi connectivity index (χ4n) is 0. The summed E-state index contributed by atoms with van der Waals surface area (Å²) in [6.07, 6.45) is -2.43. The average molecular weight is 157 g/mol. The van der Waals surface area contributed by atoms with Gasteiger partial charge in [0.1, 0.15) is 0 Å². The summed E-state index contributed by atoms with van der Waals surface area (Å²) in [6.45, 7) is 2.92. The van der Waals surface area contributed by atoms with Gasteiger partial charge in [0.2, 0.25) is 0 Å². The fourth-order valence-corrected chi connectivity index (χ4v) is 0. The van der Waals surface area contributed by atoms with Crippen LogP contribution in [0.25, 0.3) is 0 Å². The molecule has 0 aliphatic heterocycles. The van der Waals surface area contributed by atoms with Crippen molar-refractivity contribution in [1.29, 1.82) is 0 Å². The van der Waals surface area contributed by atoms with Gasteiger partial charge < -0.3 is 0 Å². The summed E-state index contributed by atoms with van der Waals surface area (Å²) in [5.41, 5.74) is 0. The summed E-state index contributed by atoms with van der Waals surface area (Å²) >= 11 is 2.49. The van der Waals surface area contributed by atoms with E-state index < -0.39 is 6.43 Å². The maximum atomic E-state index is 11.0. The topological polar surface area (TPSA) is 0 Å². The SMILES string of the molecule is C=C(Br)C(F)F. The number of rotatable bonds is 1. The van der Waals surface area contributed by atoms with Crippen LogP contribution in [0.1, 0.15) is 0 Å². The normalized spacial score (nSPS) is 9.33. The van der Waals surface area contributed by atoms with Gasteiger partial charge in [-0.15, -0.1) is 0 Å². The molecule has 0 fully saturated rings. The molecule has 0 aromatic carbocycles. The summed E-state index contributed by atoms with van der Waals surface area (Å²) in [4.78, 5) is 0. The van der Waals surface area contributed by atoms with E-state index in [0.29, 0.717) is 0 Å². The summed E-state index contributed by atoms with van der Waals surface area (Å²) in [5, 5.41) is 0. The second-order valence-electron chi connectivity index (χ2n) is 0.748. The van der Waals surface area contributed by atoms with Crippen LogP contribution in [0.3, 0.4) is 0 Å². The van der Waals surface area contributed by atoms with Crippen molar-refractivity contribution in [3.8, 4) is 0 Å².